The lowest BCUT2D eigenvalue weighted by Gasteiger charge is -1.87. The first kappa shape index (κ1) is 8.28. The molecular weight excluding hydrogens is 200 g/mol. The third kappa shape index (κ3) is 3.19. The first-order chi connectivity index (χ1) is 5.43. The summed E-state index contributed by atoms with van der Waals surface area (Å²) >= 11 is 3.19. The van der Waals surface area contributed by atoms with Crippen LogP contribution in [0.15, 0.2) is 47.5 Å². The predicted octanol–water partition coefficient (Wildman–Crippen LogP) is 3.61. The maximum absolute atomic E-state index is 3.19. The van der Waals surface area contributed by atoms with Crippen LogP contribution in [0.4, 0.5) is 0 Å². The summed E-state index contributed by atoms with van der Waals surface area (Å²) in [5.41, 5.74) is 1.22. The van der Waals surface area contributed by atoms with Gasteiger partial charge in [0.2, 0.25) is 0 Å². The molecule has 11 heavy (non-hydrogen) atoms. The minimum atomic E-state index is 1.22. The van der Waals surface area contributed by atoms with Crippen molar-refractivity contribution in [3.05, 3.63) is 53.0 Å². The third-order valence-electron chi connectivity index (χ3n) is 1.27. The molecule has 56 valence electrons. The topological polar surface area (TPSA) is 0 Å². The zero-order valence-corrected chi connectivity index (χ0v) is 7.66. The molecule has 0 aliphatic heterocycles. The van der Waals surface area contributed by atoms with E-state index < -0.39 is 0 Å². The van der Waals surface area contributed by atoms with Gasteiger partial charge < -0.3 is 0 Å². The molecule has 0 bridgehead atoms. The second-order valence-corrected chi connectivity index (χ2v) is 2.62. The molecule has 0 amide bonds. The van der Waals surface area contributed by atoms with Crippen LogP contribution < -0.4 is 0 Å². The molecule has 1 aromatic rings. The average molecular weight is 209 g/mol. The number of hydrogen-bond donors (Lipinski definition) is 0. The molecule has 0 atom stereocenters. The normalized spacial score (nSPS) is 11.4. The fraction of sp³-hybridized carbons (Fsp3) is 0. The van der Waals surface area contributed by atoms with Crippen LogP contribution in [0.3, 0.4) is 0 Å². The molecule has 0 spiro atoms. The van der Waals surface area contributed by atoms with E-state index in [4.69, 9.17) is 0 Å². The monoisotopic (exact) mass is 208 g/mol. The van der Waals surface area contributed by atoms with Crippen molar-refractivity contribution in [1.29, 1.82) is 0 Å². The second-order valence-electron chi connectivity index (χ2n) is 2.09. The lowest BCUT2D eigenvalue weighted by Crippen LogP contribution is -1.65. The smallest absolute Gasteiger partial charge is 0.0189 e. The summed E-state index contributed by atoms with van der Waals surface area (Å²) in [6.45, 7) is 0. The van der Waals surface area contributed by atoms with Crippen molar-refractivity contribution in [2.24, 2.45) is 0 Å². The van der Waals surface area contributed by atoms with E-state index in [1.165, 1.54) is 5.56 Å². The molecule has 0 aliphatic carbocycles. The summed E-state index contributed by atoms with van der Waals surface area (Å²) in [5, 5.41) is 0. The number of allylic oxidation sites excluding steroid dienone is 2. The maximum atomic E-state index is 3.19. The number of benzene rings is 1. The molecule has 0 fully saturated rings. The van der Waals surface area contributed by atoms with Crippen LogP contribution in [-0.2, 0) is 0 Å². The molecule has 0 radical (unpaired) electrons. The molecule has 1 heteroatoms. The van der Waals surface area contributed by atoms with E-state index in [1.54, 1.807) is 0 Å². The Kier molecular flexibility index (Phi) is 3.70. The van der Waals surface area contributed by atoms with E-state index in [0.29, 0.717) is 0 Å². The molecule has 1 aromatic carbocycles. The summed E-state index contributed by atoms with van der Waals surface area (Å²) in [7, 11) is 0. The highest BCUT2D eigenvalue weighted by molar-refractivity contribution is 9.11. The fourth-order valence-corrected chi connectivity index (χ4v) is 0.949. The zero-order chi connectivity index (χ0) is 7.94. The Morgan fingerprint density at radius 2 is 1.73 bits per heavy atom. The van der Waals surface area contributed by atoms with Gasteiger partial charge in [-0.1, -0.05) is 64.5 Å². The standard InChI is InChI=1S/C10H9Br/c11-9-5-4-8-10-6-2-1-3-7-10/h1-9H. The van der Waals surface area contributed by atoms with Crippen molar-refractivity contribution >= 4 is 22.0 Å². The van der Waals surface area contributed by atoms with Crippen LogP contribution in [0.2, 0.25) is 0 Å². The van der Waals surface area contributed by atoms with Gasteiger partial charge in [0.05, 0.1) is 0 Å². The van der Waals surface area contributed by atoms with Gasteiger partial charge in [-0.2, -0.15) is 0 Å². The van der Waals surface area contributed by atoms with E-state index in [2.05, 4.69) is 34.1 Å². The van der Waals surface area contributed by atoms with Gasteiger partial charge in [-0.25, -0.2) is 0 Å². The Labute approximate surface area is 75.4 Å². The first-order valence-corrected chi connectivity index (χ1v) is 4.33. The third-order valence-corrected chi connectivity index (χ3v) is 1.58. The molecule has 0 saturated heterocycles. The van der Waals surface area contributed by atoms with Crippen LogP contribution in [0.25, 0.3) is 6.08 Å². The highest BCUT2D eigenvalue weighted by Gasteiger charge is 1.78. The van der Waals surface area contributed by atoms with Gasteiger partial charge >= 0.3 is 0 Å². The Morgan fingerprint density at radius 3 is 2.36 bits per heavy atom. The van der Waals surface area contributed by atoms with Crippen LogP contribution in [0.1, 0.15) is 5.56 Å². The molecule has 0 nitrogen and oxygen atoms in total. The van der Waals surface area contributed by atoms with E-state index >= 15 is 0 Å². The van der Waals surface area contributed by atoms with Gasteiger partial charge in [-0.05, 0) is 10.5 Å². The van der Waals surface area contributed by atoms with Crippen LogP contribution in [-0.4, -0.2) is 0 Å². The lowest BCUT2D eigenvalue weighted by molar-refractivity contribution is 1.66. The van der Waals surface area contributed by atoms with Crippen molar-refractivity contribution < 1.29 is 0 Å². The molecule has 1 rings (SSSR count). The van der Waals surface area contributed by atoms with Crippen LogP contribution in [0.5, 0.6) is 0 Å². The molecule has 0 saturated carbocycles. The summed E-state index contributed by atoms with van der Waals surface area (Å²) in [6.07, 6.45) is 5.98. The Bertz CT molecular complexity index is 247. The van der Waals surface area contributed by atoms with Crippen LogP contribution >= 0.6 is 15.9 Å². The quantitative estimate of drug-likeness (QED) is 0.652. The summed E-state index contributed by atoms with van der Waals surface area (Å²) in [4.78, 5) is 1.83. The van der Waals surface area contributed by atoms with E-state index in [0.717, 1.165) is 0 Å². The summed E-state index contributed by atoms with van der Waals surface area (Å²) < 4.78 is 0. The molecule has 0 unspecified atom stereocenters. The van der Waals surface area contributed by atoms with E-state index in [1.807, 2.05) is 35.3 Å². The van der Waals surface area contributed by atoms with Gasteiger partial charge in [-0.15, -0.1) is 0 Å². The van der Waals surface area contributed by atoms with Gasteiger partial charge in [-0.3, -0.25) is 0 Å². The SMILES string of the molecule is BrC=CC=Cc1ccccc1. The van der Waals surface area contributed by atoms with Crippen molar-refractivity contribution in [3.8, 4) is 0 Å². The van der Waals surface area contributed by atoms with Gasteiger partial charge in [0.25, 0.3) is 0 Å². The summed E-state index contributed by atoms with van der Waals surface area (Å²) in [6, 6.07) is 10.2. The van der Waals surface area contributed by atoms with Crippen molar-refractivity contribution in [2.45, 2.75) is 0 Å². The van der Waals surface area contributed by atoms with Gasteiger partial charge in [0, 0.05) is 0 Å². The minimum Gasteiger partial charge on any atom is -0.0622 e. The number of rotatable bonds is 2. The first-order valence-electron chi connectivity index (χ1n) is 3.42. The number of hydrogen-bond acceptors (Lipinski definition) is 0. The molecule has 0 aromatic heterocycles. The Hall–Kier alpha value is -0.820. The maximum Gasteiger partial charge on any atom is -0.0189 e. The summed E-state index contributed by atoms with van der Waals surface area (Å²) in [5.74, 6) is 0. The molecule has 0 aliphatic rings. The fourth-order valence-electron chi connectivity index (χ4n) is 0.773. The molecule has 0 heterocycles. The van der Waals surface area contributed by atoms with Crippen molar-refractivity contribution in [2.75, 3.05) is 0 Å². The minimum absolute atomic E-state index is 1.22. The largest absolute Gasteiger partial charge is 0.0622 e. The molecular formula is C10H9Br. The highest BCUT2D eigenvalue weighted by atomic mass is 79.9. The predicted molar refractivity (Wildman–Crippen MR) is 53.5 cm³/mol. The van der Waals surface area contributed by atoms with E-state index in [9.17, 15) is 0 Å². The van der Waals surface area contributed by atoms with Crippen LogP contribution in [0, 0.1) is 0 Å². The lowest BCUT2D eigenvalue weighted by atomic mass is 10.2. The zero-order valence-electron chi connectivity index (χ0n) is 6.07. The Balaban J connectivity index is 2.64. The number of halogens is 1. The Morgan fingerprint density at radius 1 is 1.00 bits per heavy atom. The van der Waals surface area contributed by atoms with Crippen molar-refractivity contribution in [1.82, 2.24) is 0 Å². The second kappa shape index (κ2) is 4.91. The average Bonchev–Trinajstić information content (AvgIpc) is 2.07. The van der Waals surface area contributed by atoms with E-state index in [-0.39, 0.29) is 0 Å². The molecule has 0 N–H and O–H groups in total. The van der Waals surface area contributed by atoms with Gasteiger partial charge in [0.1, 0.15) is 0 Å². The van der Waals surface area contributed by atoms with Crippen molar-refractivity contribution in [3.63, 3.8) is 0 Å². The highest BCUT2D eigenvalue weighted by Crippen LogP contribution is 2.00. The van der Waals surface area contributed by atoms with Gasteiger partial charge in [0.15, 0.2) is 0 Å².